The van der Waals surface area contributed by atoms with Crippen LogP contribution in [0.25, 0.3) is 5.69 Å². The van der Waals surface area contributed by atoms with Crippen LogP contribution >= 0.6 is 0 Å². The maximum atomic E-state index is 13.1. The Labute approximate surface area is 159 Å². The van der Waals surface area contributed by atoms with Gasteiger partial charge < -0.3 is 10.1 Å². The Hall–Kier alpha value is -3.56. The monoisotopic (exact) mass is 387 g/mol. The first kappa shape index (κ1) is 19.2. The highest BCUT2D eigenvalue weighted by Crippen LogP contribution is 2.17. The van der Waals surface area contributed by atoms with E-state index in [1.54, 1.807) is 13.0 Å². The highest BCUT2D eigenvalue weighted by molar-refractivity contribution is 6.37. The quantitative estimate of drug-likeness (QED) is 0.781. The van der Waals surface area contributed by atoms with Crippen molar-refractivity contribution < 1.29 is 23.5 Å². The molecule has 2 amide bonds. The normalized spacial score (nSPS) is 13.9. The van der Waals surface area contributed by atoms with Crippen LogP contribution in [0.2, 0.25) is 0 Å². The Morgan fingerprint density at radius 2 is 1.96 bits per heavy atom. The van der Waals surface area contributed by atoms with Gasteiger partial charge in [0.2, 0.25) is 5.91 Å². The first-order valence-corrected chi connectivity index (χ1v) is 8.47. The van der Waals surface area contributed by atoms with Gasteiger partial charge in [-0.1, -0.05) is 0 Å². The van der Waals surface area contributed by atoms with Crippen molar-refractivity contribution in [1.29, 1.82) is 0 Å². The van der Waals surface area contributed by atoms with Crippen molar-refractivity contribution in [2.75, 3.05) is 19.0 Å². The van der Waals surface area contributed by atoms with Gasteiger partial charge in [0.15, 0.2) is 6.61 Å². The third kappa shape index (κ3) is 4.40. The van der Waals surface area contributed by atoms with Crippen LogP contribution in [0, 0.1) is 12.7 Å². The molecule has 0 saturated carbocycles. The lowest BCUT2D eigenvalue weighted by Crippen LogP contribution is -2.33. The number of nitrogens with one attached hydrogen (secondary N) is 1. The number of hydrogen-bond acceptors (Lipinski definition) is 6. The van der Waals surface area contributed by atoms with E-state index in [-0.39, 0.29) is 30.3 Å². The third-order valence-corrected chi connectivity index (χ3v) is 3.95. The van der Waals surface area contributed by atoms with E-state index in [0.29, 0.717) is 17.2 Å². The summed E-state index contributed by atoms with van der Waals surface area (Å²) >= 11 is 0. The summed E-state index contributed by atoms with van der Waals surface area (Å²) in [4.78, 5) is 35.6. The molecule has 1 aromatic carbocycles. The lowest BCUT2D eigenvalue weighted by Gasteiger charge is -2.18. The number of benzene rings is 1. The molecule has 0 spiro atoms. The number of hydrogen-bond donors (Lipinski definition) is 1. The number of ether oxygens (including phenoxy) is 1. The molecule has 2 aromatic rings. The van der Waals surface area contributed by atoms with Crippen molar-refractivity contribution in [1.82, 2.24) is 14.8 Å². The predicted molar refractivity (Wildman–Crippen MR) is 97.3 cm³/mol. The fourth-order valence-corrected chi connectivity index (χ4v) is 2.58. The molecule has 0 aliphatic carbocycles. The molecule has 1 aliphatic rings. The zero-order valence-electron chi connectivity index (χ0n) is 15.3. The number of halogens is 1. The predicted octanol–water partition coefficient (Wildman–Crippen LogP) is 1.41. The Balaban J connectivity index is 1.63. The largest absolute Gasteiger partial charge is 0.451 e. The minimum atomic E-state index is -0.752. The number of amides is 2. The van der Waals surface area contributed by atoms with Crippen molar-refractivity contribution in [3.05, 3.63) is 41.8 Å². The summed E-state index contributed by atoms with van der Waals surface area (Å²) in [6.07, 6.45) is 0.326. The second-order valence-corrected chi connectivity index (χ2v) is 6.15. The molecule has 1 N–H and O–H groups in total. The zero-order chi connectivity index (χ0) is 20.3. The minimum Gasteiger partial charge on any atom is -0.451 e. The molecule has 0 radical (unpaired) electrons. The van der Waals surface area contributed by atoms with E-state index >= 15 is 0 Å². The van der Waals surface area contributed by atoms with E-state index in [4.69, 9.17) is 4.74 Å². The molecule has 0 atom stereocenters. The summed E-state index contributed by atoms with van der Waals surface area (Å²) in [5, 5.41) is 11.8. The molecule has 2 heterocycles. The first-order valence-electron chi connectivity index (χ1n) is 8.47. The smallest absolute Gasteiger partial charge is 0.355 e. The highest BCUT2D eigenvalue weighted by Gasteiger charge is 2.23. The van der Waals surface area contributed by atoms with E-state index < -0.39 is 18.5 Å². The van der Waals surface area contributed by atoms with Crippen LogP contribution in [0.5, 0.6) is 0 Å². The van der Waals surface area contributed by atoms with Crippen molar-refractivity contribution >= 4 is 29.3 Å². The summed E-state index contributed by atoms with van der Waals surface area (Å²) in [5.41, 5.74) is 1.29. The second-order valence-electron chi connectivity index (χ2n) is 6.15. The average molecular weight is 387 g/mol. The Morgan fingerprint density at radius 1 is 1.25 bits per heavy atom. The molecule has 0 saturated heterocycles. The number of aromatic nitrogens is 2. The maximum absolute atomic E-state index is 13.1. The van der Waals surface area contributed by atoms with Crippen molar-refractivity contribution in [2.45, 2.75) is 19.8 Å². The van der Waals surface area contributed by atoms with Crippen LogP contribution in [0.15, 0.2) is 35.4 Å². The van der Waals surface area contributed by atoms with Gasteiger partial charge in [-0.3, -0.25) is 9.59 Å². The van der Waals surface area contributed by atoms with E-state index in [1.165, 1.54) is 36.0 Å². The van der Waals surface area contributed by atoms with Gasteiger partial charge >= 0.3 is 5.97 Å². The second kappa shape index (κ2) is 7.99. The fourth-order valence-electron chi connectivity index (χ4n) is 2.58. The highest BCUT2D eigenvalue weighted by atomic mass is 19.1. The van der Waals surface area contributed by atoms with Gasteiger partial charge in [0.1, 0.15) is 17.3 Å². The number of esters is 1. The number of carbonyl (C=O) groups is 3. The number of nitrogens with zero attached hydrogens (tertiary/aromatic N) is 4. The summed E-state index contributed by atoms with van der Waals surface area (Å²) in [5.74, 6) is -1.55. The molecule has 3 rings (SSSR count). The topological polar surface area (TPSA) is 106 Å². The van der Waals surface area contributed by atoms with Gasteiger partial charge in [-0.25, -0.2) is 18.9 Å². The van der Waals surface area contributed by atoms with Crippen molar-refractivity contribution in [3.63, 3.8) is 0 Å². The summed E-state index contributed by atoms with van der Waals surface area (Å²) < 4.78 is 19.5. The molecule has 28 heavy (non-hydrogen) atoms. The van der Waals surface area contributed by atoms with E-state index in [0.717, 1.165) is 5.01 Å². The van der Waals surface area contributed by atoms with Crippen LogP contribution in [0.1, 0.15) is 18.5 Å². The lowest BCUT2D eigenvalue weighted by molar-refractivity contribution is -0.141. The van der Waals surface area contributed by atoms with Gasteiger partial charge in [0, 0.05) is 26.0 Å². The molecule has 0 bridgehead atoms. The molecule has 0 fully saturated rings. The molecule has 9 nitrogen and oxygen atoms in total. The van der Waals surface area contributed by atoms with Crippen LogP contribution in [-0.2, 0) is 19.1 Å². The van der Waals surface area contributed by atoms with Gasteiger partial charge in [0.05, 0.1) is 11.4 Å². The molecule has 1 aromatic heterocycles. The molecular formula is C18H18FN5O4. The van der Waals surface area contributed by atoms with Crippen LogP contribution in [0.3, 0.4) is 0 Å². The Bertz CT molecular complexity index is 951. The third-order valence-electron chi connectivity index (χ3n) is 3.95. The average Bonchev–Trinajstić information content (AvgIpc) is 3.02. The SMILES string of the molecule is Cc1cc(NC(=O)COC(=O)C2=NN(C)C(=O)CC2)n(-c2ccc(F)cc2)n1. The van der Waals surface area contributed by atoms with Gasteiger partial charge in [-0.05, 0) is 31.2 Å². The molecule has 1 aliphatic heterocycles. The number of hydrazone groups is 1. The van der Waals surface area contributed by atoms with Crippen LogP contribution in [-0.4, -0.2) is 51.9 Å². The molecule has 146 valence electrons. The Morgan fingerprint density at radius 3 is 2.64 bits per heavy atom. The van der Waals surface area contributed by atoms with Gasteiger partial charge in [-0.15, -0.1) is 0 Å². The Kier molecular flexibility index (Phi) is 5.48. The molecule has 0 unspecified atom stereocenters. The molecular weight excluding hydrogens is 369 g/mol. The number of carbonyl (C=O) groups excluding carboxylic acids is 3. The van der Waals surface area contributed by atoms with E-state index in [2.05, 4.69) is 15.5 Å². The summed E-state index contributed by atoms with van der Waals surface area (Å²) in [6, 6.07) is 7.25. The maximum Gasteiger partial charge on any atom is 0.355 e. The molecule has 10 heteroatoms. The van der Waals surface area contributed by atoms with E-state index in [9.17, 15) is 18.8 Å². The van der Waals surface area contributed by atoms with Crippen LogP contribution in [0.4, 0.5) is 10.2 Å². The number of rotatable bonds is 5. The standard InChI is InChI=1S/C18H18FN5O4/c1-11-9-15(24(21-11)13-5-3-12(19)4-6-13)20-16(25)10-28-18(27)14-7-8-17(26)23(2)22-14/h3-6,9H,7-8,10H2,1-2H3,(H,20,25). The summed E-state index contributed by atoms with van der Waals surface area (Å²) in [7, 11) is 1.44. The van der Waals surface area contributed by atoms with Gasteiger partial charge in [-0.2, -0.15) is 10.2 Å². The fraction of sp³-hybridized carbons (Fsp3) is 0.278. The van der Waals surface area contributed by atoms with Gasteiger partial charge in [0.25, 0.3) is 5.91 Å². The van der Waals surface area contributed by atoms with Crippen molar-refractivity contribution in [3.8, 4) is 5.69 Å². The first-order chi connectivity index (χ1) is 13.3. The number of anilines is 1. The number of aryl methyl sites for hydroxylation is 1. The minimum absolute atomic E-state index is 0.0853. The zero-order valence-corrected chi connectivity index (χ0v) is 15.3. The lowest BCUT2D eigenvalue weighted by atomic mass is 10.2. The van der Waals surface area contributed by atoms with E-state index in [1.807, 2.05) is 0 Å². The van der Waals surface area contributed by atoms with Crippen molar-refractivity contribution in [2.24, 2.45) is 5.10 Å². The summed E-state index contributed by atoms with van der Waals surface area (Å²) in [6.45, 7) is 1.22. The van der Waals surface area contributed by atoms with Crippen LogP contribution < -0.4 is 5.32 Å².